The predicted octanol–water partition coefficient (Wildman–Crippen LogP) is 0.690. The number of ether oxygens (including phenoxy) is 1. The third kappa shape index (κ3) is 1.57. The summed E-state index contributed by atoms with van der Waals surface area (Å²) in [6.45, 7) is 0.722. The number of carbonyl (C=O) groups excluding carboxylic acids is 1. The van der Waals surface area contributed by atoms with E-state index in [1.54, 1.807) is 0 Å². The van der Waals surface area contributed by atoms with Gasteiger partial charge in [0.1, 0.15) is 5.75 Å². The number of carboxylic acids is 1. The number of hydrogen-bond acceptors (Lipinski definition) is 4. The van der Waals surface area contributed by atoms with E-state index in [2.05, 4.69) is 0 Å². The summed E-state index contributed by atoms with van der Waals surface area (Å²) in [5, 5.41) is 18.0. The quantitative estimate of drug-likeness (QED) is 0.551. The second-order valence-corrected chi connectivity index (χ2v) is 3.27. The molecule has 0 fully saturated rings. The van der Waals surface area contributed by atoms with Crippen LogP contribution >= 0.6 is 0 Å². The monoisotopic (exact) mass is 208 g/mol. The van der Waals surface area contributed by atoms with Crippen LogP contribution in [0.15, 0.2) is 12.1 Å². The maximum Gasteiger partial charge on any atom is 0.377 e. The molecule has 1 aliphatic heterocycles. The van der Waals surface area contributed by atoms with Gasteiger partial charge in [0.15, 0.2) is 0 Å². The first-order chi connectivity index (χ1) is 7.09. The first-order valence-electron chi connectivity index (χ1n) is 4.29. The Labute approximate surface area is 84.9 Å². The van der Waals surface area contributed by atoms with E-state index in [1.807, 2.05) is 0 Å². The Balaban J connectivity index is 2.49. The molecule has 5 nitrogen and oxygen atoms in total. The summed E-state index contributed by atoms with van der Waals surface area (Å²) in [4.78, 5) is 21.6. The Kier molecular flexibility index (Phi) is 2.17. The Bertz CT molecular complexity index is 449. The molecule has 15 heavy (non-hydrogen) atoms. The normalized spacial score (nSPS) is 13.6. The molecule has 0 saturated carbocycles. The number of Topliss-reactive ketones (excluding diaryl/α,β-unsaturated/α-hetero) is 1. The van der Waals surface area contributed by atoms with E-state index in [-0.39, 0.29) is 11.3 Å². The minimum atomic E-state index is -1.58. The summed E-state index contributed by atoms with van der Waals surface area (Å²) >= 11 is 0. The van der Waals surface area contributed by atoms with Gasteiger partial charge < -0.3 is 14.9 Å². The van der Waals surface area contributed by atoms with E-state index in [0.717, 1.165) is 11.1 Å². The number of aromatic hydroxyl groups is 1. The van der Waals surface area contributed by atoms with Crippen molar-refractivity contribution in [2.24, 2.45) is 0 Å². The zero-order valence-corrected chi connectivity index (χ0v) is 7.69. The van der Waals surface area contributed by atoms with Crippen molar-refractivity contribution in [2.45, 2.75) is 13.2 Å². The minimum Gasteiger partial charge on any atom is -0.507 e. The average molecular weight is 208 g/mol. The Morgan fingerprint density at radius 3 is 2.40 bits per heavy atom. The second kappa shape index (κ2) is 3.36. The summed E-state index contributed by atoms with van der Waals surface area (Å²) in [5.41, 5.74) is 1.35. The number of benzene rings is 1. The number of aliphatic carboxylic acids is 1. The lowest BCUT2D eigenvalue weighted by molar-refractivity contribution is -0.131. The van der Waals surface area contributed by atoms with E-state index in [0.29, 0.717) is 13.2 Å². The van der Waals surface area contributed by atoms with Crippen LogP contribution in [-0.4, -0.2) is 22.0 Å². The van der Waals surface area contributed by atoms with Crippen LogP contribution in [0.5, 0.6) is 5.75 Å². The van der Waals surface area contributed by atoms with Crippen molar-refractivity contribution in [2.75, 3.05) is 0 Å². The van der Waals surface area contributed by atoms with Crippen molar-refractivity contribution in [1.29, 1.82) is 0 Å². The van der Waals surface area contributed by atoms with E-state index < -0.39 is 11.8 Å². The molecule has 0 aliphatic carbocycles. The summed E-state index contributed by atoms with van der Waals surface area (Å²) in [6.07, 6.45) is 0. The van der Waals surface area contributed by atoms with Gasteiger partial charge >= 0.3 is 5.97 Å². The van der Waals surface area contributed by atoms with Gasteiger partial charge in [-0.05, 0) is 23.3 Å². The van der Waals surface area contributed by atoms with Crippen molar-refractivity contribution in [3.05, 3.63) is 28.8 Å². The van der Waals surface area contributed by atoms with Gasteiger partial charge in [-0.3, -0.25) is 4.79 Å². The lowest BCUT2D eigenvalue weighted by atomic mass is 10.0. The molecule has 1 aromatic rings. The highest BCUT2D eigenvalue weighted by molar-refractivity contribution is 6.40. The molecule has 0 radical (unpaired) electrons. The number of fused-ring (bicyclic) bond motifs is 1. The summed E-state index contributed by atoms with van der Waals surface area (Å²) < 4.78 is 5.10. The molecule has 2 rings (SSSR count). The largest absolute Gasteiger partial charge is 0.507 e. The van der Waals surface area contributed by atoms with Crippen LogP contribution in [0.2, 0.25) is 0 Å². The molecule has 5 heteroatoms. The topological polar surface area (TPSA) is 83.8 Å². The van der Waals surface area contributed by atoms with Gasteiger partial charge in [0, 0.05) is 0 Å². The number of rotatable bonds is 2. The fraction of sp³-hybridized carbons (Fsp3) is 0.200. The molecule has 0 amide bonds. The highest BCUT2D eigenvalue weighted by Crippen LogP contribution is 2.28. The fourth-order valence-corrected chi connectivity index (χ4v) is 1.51. The standard InChI is InChI=1S/C10H8O5/c11-8-2-6-4-15-3-5(6)1-7(8)9(12)10(13)14/h1-2,11H,3-4H2,(H,13,14). The highest BCUT2D eigenvalue weighted by Gasteiger charge is 2.22. The first kappa shape index (κ1) is 9.67. The number of carboxylic acid groups (broad SMARTS) is 1. The van der Waals surface area contributed by atoms with Crippen molar-refractivity contribution in [1.82, 2.24) is 0 Å². The van der Waals surface area contributed by atoms with Crippen LogP contribution in [0.1, 0.15) is 21.5 Å². The Morgan fingerprint density at radius 2 is 1.80 bits per heavy atom. The molecule has 1 heterocycles. The number of phenols is 1. The van der Waals surface area contributed by atoms with Crippen LogP contribution < -0.4 is 0 Å². The van der Waals surface area contributed by atoms with Crippen molar-refractivity contribution in [3.63, 3.8) is 0 Å². The van der Waals surface area contributed by atoms with E-state index >= 15 is 0 Å². The molecule has 1 aromatic carbocycles. The maximum absolute atomic E-state index is 11.2. The third-order valence-electron chi connectivity index (χ3n) is 2.27. The van der Waals surface area contributed by atoms with Crippen molar-refractivity contribution < 1.29 is 24.5 Å². The molecule has 0 saturated heterocycles. The van der Waals surface area contributed by atoms with Gasteiger partial charge in [0.05, 0.1) is 18.8 Å². The highest BCUT2D eigenvalue weighted by atomic mass is 16.5. The molecule has 0 atom stereocenters. The second-order valence-electron chi connectivity index (χ2n) is 3.27. The number of hydrogen-bond donors (Lipinski definition) is 2. The fourth-order valence-electron chi connectivity index (χ4n) is 1.51. The van der Waals surface area contributed by atoms with Gasteiger partial charge in [0.25, 0.3) is 5.78 Å². The van der Waals surface area contributed by atoms with Crippen LogP contribution in [0.25, 0.3) is 0 Å². The van der Waals surface area contributed by atoms with Crippen LogP contribution in [0.3, 0.4) is 0 Å². The molecule has 78 valence electrons. The lowest BCUT2D eigenvalue weighted by Crippen LogP contribution is -2.13. The van der Waals surface area contributed by atoms with Crippen LogP contribution in [0, 0.1) is 0 Å². The van der Waals surface area contributed by atoms with Crippen LogP contribution in [0.4, 0.5) is 0 Å². The van der Waals surface area contributed by atoms with E-state index in [9.17, 15) is 14.7 Å². The number of ketones is 1. The van der Waals surface area contributed by atoms with Gasteiger partial charge in [-0.2, -0.15) is 0 Å². The summed E-state index contributed by atoms with van der Waals surface area (Å²) in [6, 6.07) is 2.74. The zero-order chi connectivity index (χ0) is 11.0. The molecule has 0 spiro atoms. The van der Waals surface area contributed by atoms with Gasteiger partial charge in [0.2, 0.25) is 0 Å². The smallest absolute Gasteiger partial charge is 0.377 e. The molecule has 1 aliphatic rings. The third-order valence-corrected chi connectivity index (χ3v) is 2.27. The molecule has 0 aromatic heterocycles. The number of phenolic OH excluding ortho intramolecular Hbond substituents is 1. The lowest BCUT2D eigenvalue weighted by Gasteiger charge is -2.03. The molecule has 0 unspecified atom stereocenters. The van der Waals surface area contributed by atoms with Gasteiger partial charge in [-0.1, -0.05) is 0 Å². The Morgan fingerprint density at radius 1 is 1.20 bits per heavy atom. The van der Waals surface area contributed by atoms with E-state index in [1.165, 1.54) is 12.1 Å². The summed E-state index contributed by atoms with van der Waals surface area (Å²) in [7, 11) is 0. The van der Waals surface area contributed by atoms with E-state index in [4.69, 9.17) is 9.84 Å². The molecular formula is C10H8O5. The predicted molar refractivity (Wildman–Crippen MR) is 48.6 cm³/mol. The van der Waals surface area contributed by atoms with Crippen LogP contribution in [-0.2, 0) is 22.7 Å². The first-order valence-corrected chi connectivity index (χ1v) is 4.29. The van der Waals surface area contributed by atoms with Gasteiger partial charge in [-0.25, -0.2) is 4.79 Å². The molecule has 0 bridgehead atoms. The molecule has 2 N–H and O–H groups in total. The Hall–Kier alpha value is -1.88. The van der Waals surface area contributed by atoms with Crippen molar-refractivity contribution >= 4 is 11.8 Å². The molecular weight excluding hydrogens is 200 g/mol. The minimum absolute atomic E-state index is 0.188. The SMILES string of the molecule is O=C(O)C(=O)c1cc2c(cc1O)COC2. The maximum atomic E-state index is 11.2. The summed E-state index contributed by atoms with van der Waals surface area (Å²) in [5.74, 6) is -3.00. The number of carbonyl (C=O) groups is 2. The van der Waals surface area contributed by atoms with Crippen molar-refractivity contribution in [3.8, 4) is 5.75 Å². The average Bonchev–Trinajstić information content (AvgIpc) is 2.62. The van der Waals surface area contributed by atoms with Gasteiger partial charge in [-0.15, -0.1) is 0 Å². The zero-order valence-electron chi connectivity index (χ0n) is 7.69.